The van der Waals surface area contributed by atoms with Crippen molar-refractivity contribution in [2.24, 2.45) is 0 Å². The highest BCUT2D eigenvalue weighted by molar-refractivity contribution is 6.58. The van der Waals surface area contributed by atoms with E-state index in [0.717, 1.165) is 0 Å². The molecular weight excluding hydrogens is 444 g/mol. The van der Waals surface area contributed by atoms with Crippen LogP contribution in [0.1, 0.15) is 31.1 Å². The summed E-state index contributed by atoms with van der Waals surface area (Å²) in [5.41, 5.74) is -1.20. The van der Waals surface area contributed by atoms with E-state index in [1.165, 1.54) is 23.9 Å². The fraction of sp³-hybridized carbons (Fsp3) is 0.522. The number of ether oxygens (including phenoxy) is 4. The van der Waals surface area contributed by atoms with Crippen LogP contribution in [0.2, 0.25) is 13.1 Å². The monoisotopic (exact) mass is 476 g/mol. The molecule has 10 heteroatoms. The number of nitrogens with one attached hydrogen (secondary N) is 1. The van der Waals surface area contributed by atoms with Crippen LogP contribution in [0.3, 0.4) is 0 Å². The molecular formula is C23H32N2O7Si. The first kappa shape index (κ1) is 25.1. The van der Waals surface area contributed by atoms with Crippen LogP contribution < -0.4 is 11.2 Å². The quantitative estimate of drug-likeness (QED) is 0.478. The van der Waals surface area contributed by atoms with E-state index in [1.54, 1.807) is 24.3 Å². The van der Waals surface area contributed by atoms with E-state index in [9.17, 15) is 14.4 Å². The molecule has 1 aromatic heterocycles. The fourth-order valence-electron chi connectivity index (χ4n) is 4.10. The topological polar surface area (TPSA) is 109 Å². The van der Waals surface area contributed by atoms with Crippen LogP contribution in [0.25, 0.3) is 0 Å². The van der Waals surface area contributed by atoms with Gasteiger partial charge in [0.1, 0.15) is 12.2 Å². The van der Waals surface area contributed by atoms with Gasteiger partial charge in [-0.3, -0.25) is 14.3 Å². The summed E-state index contributed by atoms with van der Waals surface area (Å²) in [5, 5.41) is -1.22. The lowest BCUT2D eigenvalue weighted by atomic mass is 10.1. The predicted molar refractivity (Wildman–Crippen MR) is 125 cm³/mol. The second-order valence-electron chi connectivity index (χ2n) is 9.36. The number of aromatic amines is 1. The van der Waals surface area contributed by atoms with E-state index in [4.69, 9.17) is 18.9 Å². The van der Waals surface area contributed by atoms with Crippen LogP contribution in [0.4, 0.5) is 0 Å². The van der Waals surface area contributed by atoms with Gasteiger partial charge in [0, 0.05) is 19.4 Å². The van der Waals surface area contributed by atoms with E-state index >= 15 is 0 Å². The lowest BCUT2D eigenvalue weighted by Gasteiger charge is -2.38. The third kappa shape index (κ3) is 5.19. The Balaban J connectivity index is 2.08. The van der Waals surface area contributed by atoms with Gasteiger partial charge in [0.25, 0.3) is 5.56 Å². The molecule has 3 rings (SSSR count). The smallest absolute Gasteiger partial charge is 0.338 e. The summed E-state index contributed by atoms with van der Waals surface area (Å²) >= 11 is 0. The zero-order chi connectivity index (χ0) is 24.4. The minimum Gasteiger partial charge on any atom is -0.453 e. The maximum Gasteiger partial charge on any atom is 0.338 e. The second-order valence-corrected chi connectivity index (χ2v) is 12.5. The van der Waals surface area contributed by atoms with Gasteiger partial charge < -0.3 is 18.9 Å². The lowest BCUT2D eigenvalue weighted by Crippen LogP contribution is -2.59. The molecule has 1 fully saturated rings. The average molecular weight is 477 g/mol. The third-order valence-corrected chi connectivity index (χ3v) is 8.02. The van der Waals surface area contributed by atoms with Crippen LogP contribution >= 0.6 is 0 Å². The van der Waals surface area contributed by atoms with Crippen molar-refractivity contribution in [1.82, 2.24) is 9.55 Å². The molecule has 1 aliphatic rings. The highest BCUT2D eigenvalue weighted by Crippen LogP contribution is 2.41. The molecule has 1 aliphatic heterocycles. The summed E-state index contributed by atoms with van der Waals surface area (Å²) in [6.07, 6.45) is -0.938. The van der Waals surface area contributed by atoms with E-state index in [1.807, 2.05) is 39.9 Å². The third-order valence-electron chi connectivity index (χ3n) is 5.63. The van der Waals surface area contributed by atoms with Crippen molar-refractivity contribution in [3.8, 4) is 0 Å². The summed E-state index contributed by atoms with van der Waals surface area (Å²) in [4.78, 5) is 39.8. The standard InChI is InChI=1S/C23H32N2O7Si/c1-22(2,3)30-14-16-18(31-20(27)15-10-8-7-9-11-15)19(29-4)23(32-16,33(5)6)25-13-12-17(26)24-21(25)28/h7-13,16,18-19,33H,14H2,1-6H3,(H,24,26,28)/t16-,18-,19-,23+/m1/s1. The minimum atomic E-state index is -1.92. The van der Waals surface area contributed by atoms with Crippen LogP contribution in [-0.2, 0) is 24.3 Å². The molecule has 0 radical (unpaired) electrons. The molecule has 2 aromatic rings. The molecule has 0 saturated carbocycles. The Labute approximate surface area is 194 Å². The summed E-state index contributed by atoms with van der Waals surface area (Å²) in [5.74, 6) is -0.526. The number of rotatable bonds is 7. The van der Waals surface area contributed by atoms with Crippen molar-refractivity contribution in [2.45, 2.75) is 63.1 Å². The molecule has 33 heavy (non-hydrogen) atoms. The number of esters is 1. The Morgan fingerprint density at radius 2 is 1.85 bits per heavy atom. The summed E-state index contributed by atoms with van der Waals surface area (Å²) < 4.78 is 25.7. The zero-order valence-corrected chi connectivity index (χ0v) is 21.0. The molecule has 1 N–H and O–H groups in total. The Kier molecular flexibility index (Phi) is 7.42. The van der Waals surface area contributed by atoms with Crippen LogP contribution in [0.5, 0.6) is 0 Å². The van der Waals surface area contributed by atoms with E-state index in [2.05, 4.69) is 4.98 Å². The number of hydrogen-bond acceptors (Lipinski definition) is 7. The normalized spacial score (nSPS) is 25.4. The highest BCUT2D eigenvalue weighted by Gasteiger charge is 2.61. The molecule has 180 valence electrons. The number of methoxy groups -OCH3 is 1. The number of carbonyl (C=O) groups is 1. The summed E-state index contributed by atoms with van der Waals surface area (Å²) in [6.45, 7) is 9.88. The maximum atomic E-state index is 13.0. The van der Waals surface area contributed by atoms with Crippen molar-refractivity contribution < 1.29 is 23.7 Å². The van der Waals surface area contributed by atoms with Gasteiger partial charge in [-0.25, -0.2) is 9.59 Å². The number of hydrogen-bond donors (Lipinski definition) is 1. The average Bonchev–Trinajstić information content (AvgIpc) is 3.06. The molecule has 9 nitrogen and oxygen atoms in total. The number of aromatic nitrogens is 2. The molecule has 0 bridgehead atoms. The van der Waals surface area contributed by atoms with Gasteiger partial charge in [0.15, 0.2) is 11.5 Å². The van der Waals surface area contributed by atoms with E-state index in [0.29, 0.717) is 5.56 Å². The molecule has 2 heterocycles. The van der Waals surface area contributed by atoms with Gasteiger partial charge in [-0.2, -0.15) is 0 Å². The minimum absolute atomic E-state index is 0.122. The molecule has 0 spiro atoms. The Morgan fingerprint density at radius 3 is 2.39 bits per heavy atom. The zero-order valence-electron chi connectivity index (χ0n) is 19.9. The fourth-order valence-corrected chi connectivity index (χ4v) is 6.29. The second kappa shape index (κ2) is 9.76. The van der Waals surface area contributed by atoms with Crippen molar-refractivity contribution in [3.63, 3.8) is 0 Å². The van der Waals surface area contributed by atoms with Crippen molar-refractivity contribution in [1.29, 1.82) is 0 Å². The molecule has 1 saturated heterocycles. The molecule has 1 aromatic carbocycles. The van der Waals surface area contributed by atoms with Crippen LogP contribution in [0.15, 0.2) is 52.2 Å². The Bertz CT molecular complexity index is 1080. The lowest BCUT2D eigenvalue weighted by molar-refractivity contribution is -0.124. The van der Waals surface area contributed by atoms with Crippen LogP contribution in [0, 0.1) is 0 Å². The molecule has 0 unspecified atom stereocenters. The number of carbonyl (C=O) groups excluding carboxylic acids is 1. The number of H-pyrrole nitrogens is 1. The molecule has 4 atom stereocenters. The number of benzene rings is 1. The first-order chi connectivity index (χ1) is 15.5. The van der Waals surface area contributed by atoms with Gasteiger partial charge in [-0.1, -0.05) is 31.3 Å². The van der Waals surface area contributed by atoms with E-state index < -0.39 is 55.3 Å². The Hall–Kier alpha value is -2.53. The number of nitrogens with zero attached hydrogens (tertiary/aromatic N) is 1. The van der Waals surface area contributed by atoms with Crippen molar-refractivity contribution in [3.05, 3.63) is 69.0 Å². The van der Waals surface area contributed by atoms with Gasteiger partial charge in [0.05, 0.1) is 26.6 Å². The van der Waals surface area contributed by atoms with Gasteiger partial charge in [-0.15, -0.1) is 0 Å². The maximum absolute atomic E-state index is 13.0. The summed E-state index contributed by atoms with van der Waals surface area (Å²) in [6, 6.07) is 9.90. The van der Waals surface area contributed by atoms with E-state index in [-0.39, 0.29) is 6.61 Å². The summed E-state index contributed by atoms with van der Waals surface area (Å²) in [7, 11) is -0.428. The van der Waals surface area contributed by atoms with Crippen molar-refractivity contribution >= 4 is 14.8 Å². The van der Waals surface area contributed by atoms with Gasteiger partial charge in [0.2, 0.25) is 0 Å². The first-order valence-corrected chi connectivity index (χ1v) is 13.8. The highest BCUT2D eigenvalue weighted by atomic mass is 28.3. The van der Waals surface area contributed by atoms with Gasteiger partial charge in [-0.05, 0) is 32.9 Å². The Morgan fingerprint density at radius 1 is 1.18 bits per heavy atom. The van der Waals surface area contributed by atoms with Crippen LogP contribution in [-0.4, -0.2) is 61.9 Å². The molecule has 0 amide bonds. The predicted octanol–water partition coefficient (Wildman–Crippen LogP) is 1.67. The molecule has 0 aliphatic carbocycles. The van der Waals surface area contributed by atoms with Gasteiger partial charge >= 0.3 is 11.7 Å². The van der Waals surface area contributed by atoms with Crippen molar-refractivity contribution in [2.75, 3.05) is 13.7 Å². The SMILES string of the molecule is CO[C@@H]1[C@H](OC(=O)c2ccccc2)[C@@H](COC(C)(C)C)O[C@]1(n1ccc(=O)[nH]c1=O)[SiH](C)C. The largest absolute Gasteiger partial charge is 0.453 e. The first-order valence-electron chi connectivity index (χ1n) is 10.9.